The second-order valence-electron chi connectivity index (χ2n) is 6.92. The molecular formula is C20H19F3N4O. The summed E-state index contributed by atoms with van der Waals surface area (Å²) in [4.78, 5) is 18.2. The number of ether oxygens (including phenoxy) is 1. The van der Waals surface area contributed by atoms with Crippen molar-refractivity contribution in [1.82, 2.24) is 19.9 Å². The lowest BCUT2D eigenvalue weighted by Gasteiger charge is -2.21. The van der Waals surface area contributed by atoms with Crippen LogP contribution in [0.25, 0.3) is 22.4 Å². The Balaban J connectivity index is 1.93. The van der Waals surface area contributed by atoms with Crippen LogP contribution in [0.2, 0.25) is 0 Å². The van der Waals surface area contributed by atoms with Gasteiger partial charge in [0.25, 0.3) is 6.43 Å². The highest BCUT2D eigenvalue weighted by Gasteiger charge is 2.23. The maximum atomic E-state index is 14.7. The van der Waals surface area contributed by atoms with E-state index in [1.165, 1.54) is 12.1 Å². The van der Waals surface area contributed by atoms with Crippen LogP contribution in [-0.4, -0.2) is 33.1 Å². The molecule has 146 valence electrons. The minimum absolute atomic E-state index is 0.0729. The zero-order chi connectivity index (χ0) is 19.8. The van der Waals surface area contributed by atoms with Gasteiger partial charge in [-0.1, -0.05) is 6.07 Å². The minimum atomic E-state index is -2.74. The van der Waals surface area contributed by atoms with Crippen molar-refractivity contribution in [3.63, 3.8) is 0 Å². The van der Waals surface area contributed by atoms with Gasteiger partial charge in [-0.15, -0.1) is 0 Å². The smallest absolute Gasteiger partial charge is 0.263 e. The molecule has 0 aliphatic carbocycles. The van der Waals surface area contributed by atoms with Gasteiger partial charge in [0, 0.05) is 30.3 Å². The summed E-state index contributed by atoms with van der Waals surface area (Å²) in [6.45, 7) is 4.85. The van der Waals surface area contributed by atoms with Gasteiger partial charge in [-0.2, -0.15) is 0 Å². The molecule has 1 fully saturated rings. The monoisotopic (exact) mass is 388 g/mol. The molecule has 0 spiro atoms. The number of alkyl halides is 2. The standard InChI is InChI=1S/C20H19F3N4O/c1-10-11(2)25-20-17(24-10)16(14-4-3-13(18(22)23)9-15(14)21)26-19(27-20)12-5-7-28-8-6-12/h3-4,9,12,18H,5-8H2,1-2H3. The quantitative estimate of drug-likeness (QED) is 0.652. The summed E-state index contributed by atoms with van der Waals surface area (Å²) in [5.41, 5.74) is 2.17. The SMILES string of the molecule is Cc1nc2nc(C3CCOCC3)nc(-c3ccc(C(F)F)cc3F)c2nc1C. The summed E-state index contributed by atoms with van der Waals surface area (Å²) in [6.07, 6.45) is -1.22. The molecular weight excluding hydrogens is 369 g/mol. The molecule has 3 heterocycles. The lowest BCUT2D eigenvalue weighted by atomic mass is 9.98. The number of hydrogen-bond acceptors (Lipinski definition) is 5. The summed E-state index contributed by atoms with van der Waals surface area (Å²) >= 11 is 0. The van der Waals surface area contributed by atoms with Gasteiger partial charge < -0.3 is 4.74 Å². The van der Waals surface area contributed by atoms with E-state index in [4.69, 9.17) is 4.74 Å². The first-order chi connectivity index (χ1) is 13.4. The van der Waals surface area contributed by atoms with Crippen LogP contribution in [-0.2, 0) is 4.74 Å². The molecule has 1 aliphatic heterocycles. The fourth-order valence-corrected chi connectivity index (χ4v) is 3.31. The molecule has 3 aromatic rings. The summed E-state index contributed by atoms with van der Waals surface area (Å²) in [7, 11) is 0. The van der Waals surface area contributed by atoms with Gasteiger partial charge in [0.05, 0.1) is 11.4 Å². The van der Waals surface area contributed by atoms with Crippen molar-refractivity contribution in [2.45, 2.75) is 39.0 Å². The van der Waals surface area contributed by atoms with Crippen molar-refractivity contribution in [3.05, 3.63) is 46.8 Å². The molecule has 0 saturated carbocycles. The fourth-order valence-electron chi connectivity index (χ4n) is 3.31. The number of rotatable bonds is 3. The van der Waals surface area contributed by atoms with E-state index in [1.807, 2.05) is 6.92 Å². The van der Waals surface area contributed by atoms with Crippen LogP contribution in [0.5, 0.6) is 0 Å². The Morgan fingerprint density at radius 2 is 1.71 bits per heavy atom. The summed E-state index contributed by atoms with van der Waals surface area (Å²) in [5, 5.41) is 0. The van der Waals surface area contributed by atoms with E-state index >= 15 is 0 Å². The minimum Gasteiger partial charge on any atom is -0.381 e. The highest BCUT2D eigenvalue weighted by molar-refractivity contribution is 5.87. The number of fused-ring (bicyclic) bond motifs is 1. The van der Waals surface area contributed by atoms with Gasteiger partial charge in [0.15, 0.2) is 5.65 Å². The van der Waals surface area contributed by atoms with Crippen molar-refractivity contribution in [2.75, 3.05) is 13.2 Å². The molecule has 4 rings (SSSR count). The van der Waals surface area contributed by atoms with Crippen LogP contribution in [0.3, 0.4) is 0 Å². The van der Waals surface area contributed by atoms with E-state index in [-0.39, 0.29) is 22.7 Å². The molecule has 0 amide bonds. The zero-order valence-corrected chi connectivity index (χ0v) is 15.5. The average molecular weight is 388 g/mol. The van der Waals surface area contributed by atoms with Gasteiger partial charge >= 0.3 is 0 Å². The highest BCUT2D eigenvalue weighted by Crippen LogP contribution is 2.33. The second-order valence-corrected chi connectivity index (χ2v) is 6.92. The predicted octanol–water partition coefficient (Wildman–Crippen LogP) is 4.67. The fraction of sp³-hybridized carbons (Fsp3) is 0.400. The lowest BCUT2D eigenvalue weighted by molar-refractivity contribution is 0.0836. The molecule has 0 unspecified atom stereocenters. The maximum absolute atomic E-state index is 14.7. The summed E-state index contributed by atoms with van der Waals surface area (Å²) in [6, 6.07) is 3.37. The third kappa shape index (κ3) is 3.44. The van der Waals surface area contributed by atoms with Gasteiger partial charge in [-0.05, 0) is 38.8 Å². The van der Waals surface area contributed by atoms with E-state index in [2.05, 4.69) is 19.9 Å². The lowest BCUT2D eigenvalue weighted by Crippen LogP contribution is -2.17. The predicted molar refractivity (Wildman–Crippen MR) is 97.7 cm³/mol. The zero-order valence-electron chi connectivity index (χ0n) is 15.5. The number of nitrogens with zero attached hydrogens (tertiary/aromatic N) is 4. The van der Waals surface area contributed by atoms with Gasteiger partial charge in [0.1, 0.15) is 22.9 Å². The molecule has 8 heteroatoms. The Morgan fingerprint density at radius 3 is 2.39 bits per heavy atom. The van der Waals surface area contributed by atoms with E-state index in [9.17, 15) is 13.2 Å². The molecule has 5 nitrogen and oxygen atoms in total. The van der Waals surface area contributed by atoms with Crippen LogP contribution < -0.4 is 0 Å². The summed E-state index contributed by atoms with van der Waals surface area (Å²) < 4.78 is 45.9. The van der Waals surface area contributed by atoms with Crippen LogP contribution in [0.4, 0.5) is 13.2 Å². The summed E-state index contributed by atoms with van der Waals surface area (Å²) in [5.74, 6) is -0.139. The molecule has 0 radical (unpaired) electrons. The highest BCUT2D eigenvalue weighted by atomic mass is 19.3. The average Bonchev–Trinajstić information content (AvgIpc) is 2.69. The van der Waals surface area contributed by atoms with Crippen molar-refractivity contribution >= 4 is 11.2 Å². The van der Waals surface area contributed by atoms with Crippen LogP contribution >= 0.6 is 0 Å². The van der Waals surface area contributed by atoms with E-state index in [1.54, 1.807) is 6.92 Å². The number of halogens is 3. The first-order valence-corrected chi connectivity index (χ1v) is 9.12. The topological polar surface area (TPSA) is 60.8 Å². The van der Waals surface area contributed by atoms with Crippen molar-refractivity contribution in [2.24, 2.45) is 0 Å². The molecule has 1 aromatic carbocycles. The number of aromatic nitrogens is 4. The first-order valence-electron chi connectivity index (χ1n) is 9.12. The Kier molecular flexibility index (Phi) is 4.97. The molecule has 0 atom stereocenters. The Morgan fingerprint density at radius 1 is 1.00 bits per heavy atom. The van der Waals surface area contributed by atoms with Crippen molar-refractivity contribution < 1.29 is 17.9 Å². The van der Waals surface area contributed by atoms with E-state index < -0.39 is 12.2 Å². The van der Waals surface area contributed by atoms with Gasteiger partial charge in [-0.25, -0.2) is 33.1 Å². The molecule has 2 aromatic heterocycles. The first kappa shape index (κ1) is 18.7. The van der Waals surface area contributed by atoms with Crippen LogP contribution in [0.1, 0.15) is 48.0 Å². The van der Waals surface area contributed by atoms with Crippen molar-refractivity contribution in [1.29, 1.82) is 0 Å². The Bertz CT molecular complexity index is 1040. The molecule has 1 saturated heterocycles. The molecule has 0 N–H and O–H groups in total. The van der Waals surface area contributed by atoms with Crippen LogP contribution in [0, 0.1) is 19.7 Å². The number of hydrogen-bond donors (Lipinski definition) is 0. The van der Waals surface area contributed by atoms with E-state index in [0.717, 1.165) is 24.6 Å². The van der Waals surface area contributed by atoms with Crippen LogP contribution in [0.15, 0.2) is 18.2 Å². The Labute approximate surface area is 160 Å². The normalized spacial score (nSPS) is 15.5. The number of benzene rings is 1. The van der Waals surface area contributed by atoms with Gasteiger partial charge in [0.2, 0.25) is 0 Å². The van der Waals surface area contributed by atoms with E-state index in [0.29, 0.717) is 35.9 Å². The molecule has 1 aliphatic rings. The largest absolute Gasteiger partial charge is 0.381 e. The Hall–Kier alpha value is -2.61. The van der Waals surface area contributed by atoms with Crippen molar-refractivity contribution in [3.8, 4) is 11.3 Å². The third-order valence-corrected chi connectivity index (χ3v) is 5.05. The third-order valence-electron chi connectivity index (χ3n) is 5.05. The molecule has 0 bridgehead atoms. The second kappa shape index (κ2) is 7.43. The maximum Gasteiger partial charge on any atom is 0.263 e. The number of aryl methyl sites for hydroxylation is 2. The van der Waals surface area contributed by atoms with Gasteiger partial charge in [-0.3, -0.25) is 0 Å². The molecule has 28 heavy (non-hydrogen) atoms.